The molecule has 4 aromatic rings. The van der Waals surface area contributed by atoms with Crippen molar-refractivity contribution in [2.24, 2.45) is 0 Å². The molecule has 0 saturated heterocycles. The summed E-state index contributed by atoms with van der Waals surface area (Å²) in [6.45, 7) is 2.05. The molecule has 0 saturated carbocycles. The highest BCUT2D eigenvalue weighted by Gasteiger charge is 2.10. The second-order valence-corrected chi connectivity index (χ2v) is 5.32. The normalized spacial score (nSPS) is 11.0. The zero-order chi connectivity index (χ0) is 14.9. The molecule has 0 aliphatic rings. The van der Waals surface area contributed by atoms with E-state index in [1.807, 2.05) is 25.1 Å². The maximum absolute atomic E-state index is 4.73. The molecule has 0 unspecified atom stereocenters. The minimum absolute atomic E-state index is 1.000. The van der Waals surface area contributed by atoms with Crippen LogP contribution in [0.1, 0.15) is 5.82 Å². The summed E-state index contributed by atoms with van der Waals surface area (Å²) >= 11 is 0. The molecule has 0 bridgehead atoms. The zero-order valence-corrected chi connectivity index (χ0v) is 12.3. The van der Waals surface area contributed by atoms with E-state index >= 15 is 0 Å². The van der Waals surface area contributed by atoms with Gasteiger partial charge in [0.25, 0.3) is 0 Å². The maximum Gasteiger partial charge on any atom is 0.111 e. The first-order chi connectivity index (χ1) is 10.8. The Hall–Kier alpha value is -2.87. The van der Waals surface area contributed by atoms with Crippen molar-refractivity contribution in [3.05, 3.63) is 84.7 Å². The van der Waals surface area contributed by atoms with Crippen molar-refractivity contribution in [2.75, 3.05) is 0 Å². The summed E-state index contributed by atoms with van der Waals surface area (Å²) in [4.78, 5) is 4.73. The Balaban J connectivity index is 1.90. The van der Waals surface area contributed by atoms with Crippen LogP contribution in [0.3, 0.4) is 0 Å². The highest BCUT2D eigenvalue weighted by molar-refractivity contribution is 5.84. The Morgan fingerprint density at radius 1 is 0.864 bits per heavy atom. The number of aryl methyl sites for hydroxylation is 1. The Bertz CT molecular complexity index is 922. The van der Waals surface area contributed by atoms with Crippen molar-refractivity contribution in [1.29, 1.82) is 0 Å². The van der Waals surface area contributed by atoms with Gasteiger partial charge in [0, 0.05) is 5.69 Å². The summed E-state index contributed by atoms with van der Waals surface area (Å²) in [6.07, 6.45) is 0. The quantitative estimate of drug-likeness (QED) is 0.516. The van der Waals surface area contributed by atoms with Crippen LogP contribution >= 0.6 is 0 Å². The van der Waals surface area contributed by atoms with Crippen LogP contribution in [-0.4, -0.2) is 9.55 Å². The van der Waals surface area contributed by atoms with Crippen molar-refractivity contribution >= 4 is 11.0 Å². The predicted molar refractivity (Wildman–Crippen MR) is 90.1 cm³/mol. The Kier molecular flexibility index (Phi) is 3.01. The second kappa shape index (κ2) is 5.15. The molecule has 0 aliphatic heterocycles. The number of benzene rings is 3. The molecule has 0 N–H and O–H groups in total. The van der Waals surface area contributed by atoms with Crippen molar-refractivity contribution < 1.29 is 0 Å². The lowest BCUT2D eigenvalue weighted by Crippen LogP contribution is -1.95. The summed E-state index contributed by atoms with van der Waals surface area (Å²) in [5.74, 6) is 1.000. The molecule has 0 spiro atoms. The lowest BCUT2D eigenvalue weighted by molar-refractivity contribution is 1.00. The average molecular weight is 283 g/mol. The lowest BCUT2D eigenvalue weighted by Gasteiger charge is -2.07. The third-order valence-electron chi connectivity index (χ3n) is 3.89. The topological polar surface area (TPSA) is 17.8 Å². The Morgan fingerprint density at radius 3 is 2.41 bits per heavy atom. The number of hydrogen-bond acceptors (Lipinski definition) is 1. The van der Waals surface area contributed by atoms with Gasteiger partial charge >= 0.3 is 0 Å². The zero-order valence-electron chi connectivity index (χ0n) is 12.3. The van der Waals surface area contributed by atoms with Gasteiger partial charge in [0.2, 0.25) is 0 Å². The van der Waals surface area contributed by atoms with E-state index in [-0.39, 0.29) is 0 Å². The number of para-hydroxylation sites is 1. The number of fused-ring (bicyclic) bond motifs is 1. The molecule has 3 aromatic carbocycles. The number of rotatable bonds is 2. The molecule has 22 heavy (non-hydrogen) atoms. The van der Waals surface area contributed by atoms with Gasteiger partial charge in [-0.2, -0.15) is 0 Å². The number of imidazole rings is 1. The van der Waals surface area contributed by atoms with Crippen molar-refractivity contribution in [2.45, 2.75) is 6.92 Å². The van der Waals surface area contributed by atoms with Crippen LogP contribution < -0.4 is 0 Å². The van der Waals surface area contributed by atoms with E-state index < -0.39 is 0 Å². The molecule has 2 nitrogen and oxygen atoms in total. The summed E-state index contributed by atoms with van der Waals surface area (Å²) in [6, 6.07) is 27.9. The fourth-order valence-electron chi connectivity index (χ4n) is 2.86. The first kappa shape index (κ1) is 12.8. The minimum Gasteiger partial charge on any atom is -0.297 e. The van der Waals surface area contributed by atoms with Crippen molar-refractivity contribution in [3.63, 3.8) is 0 Å². The number of aromatic nitrogens is 2. The van der Waals surface area contributed by atoms with Crippen LogP contribution in [0.4, 0.5) is 0 Å². The van der Waals surface area contributed by atoms with Gasteiger partial charge in [-0.1, -0.05) is 48.5 Å². The molecule has 0 atom stereocenters. The van der Waals surface area contributed by atoms with Crippen LogP contribution in [0, 0.1) is 13.0 Å². The predicted octanol–water partition coefficient (Wildman–Crippen LogP) is 4.80. The van der Waals surface area contributed by atoms with Crippen molar-refractivity contribution in [3.8, 4) is 16.8 Å². The van der Waals surface area contributed by atoms with Gasteiger partial charge < -0.3 is 0 Å². The standard InChI is InChI=1S/C20H15N2/c1-15-21-19-14-17(16-8-4-2-5-9-16)12-13-20(19)22(15)18-10-6-3-7-11-18/h3-14H,1H3. The van der Waals surface area contributed by atoms with Crippen LogP contribution in [0.15, 0.2) is 72.8 Å². The van der Waals surface area contributed by atoms with Gasteiger partial charge in [0.15, 0.2) is 0 Å². The first-order valence-corrected chi connectivity index (χ1v) is 7.34. The van der Waals surface area contributed by atoms with Gasteiger partial charge in [-0.3, -0.25) is 4.57 Å². The molecule has 105 valence electrons. The second-order valence-electron chi connectivity index (χ2n) is 5.32. The molecular formula is C20H15N2. The van der Waals surface area contributed by atoms with Crippen LogP contribution in [-0.2, 0) is 0 Å². The highest BCUT2D eigenvalue weighted by Crippen LogP contribution is 2.26. The van der Waals surface area contributed by atoms with E-state index in [0.717, 1.165) is 22.5 Å². The van der Waals surface area contributed by atoms with Gasteiger partial charge in [0.1, 0.15) is 5.82 Å². The maximum atomic E-state index is 4.73. The minimum atomic E-state index is 1.000. The Morgan fingerprint density at radius 2 is 1.64 bits per heavy atom. The molecule has 4 rings (SSSR count). The average Bonchev–Trinajstić information content (AvgIpc) is 2.91. The summed E-state index contributed by atoms with van der Waals surface area (Å²) in [7, 11) is 0. The summed E-state index contributed by atoms with van der Waals surface area (Å²) < 4.78 is 2.19. The van der Waals surface area contributed by atoms with E-state index in [1.165, 1.54) is 11.1 Å². The van der Waals surface area contributed by atoms with Gasteiger partial charge in [-0.05, 0) is 48.4 Å². The number of nitrogens with zero attached hydrogens (tertiary/aromatic N) is 2. The third kappa shape index (κ3) is 2.09. The molecule has 1 aromatic heterocycles. The molecule has 0 amide bonds. The van der Waals surface area contributed by atoms with E-state index in [0.29, 0.717) is 0 Å². The molecule has 0 aliphatic carbocycles. The lowest BCUT2D eigenvalue weighted by atomic mass is 10.1. The molecule has 2 heteroatoms. The van der Waals surface area contributed by atoms with Crippen LogP contribution in [0.5, 0.6) is 0 Å². The van der Waals surface area contributed by atoms with Gasteiger partial charge in [0.05, 0.1) is 11.0 Å². The van der Waals surface area contributed by atoms with Crippen LogP contribution in [0.2, 0.25) is 0 Å². The number of hydrogen-bond donors (Lipinski definition) is 0. The SMILES string of the molecule is Cc1nc2cc(-c3cc[c]cc3)ccc2n1-c1ccccc1. The van der Waals surface area contributed by atoms with E-state index in [2.05, 4.69) is 65.2 Å². The fourth-order valence-corrected chi connectivity index (χ4v) is 2.86. The smallest absolute Gasteiger partial charge is 0.111 e. The monoisotopic (exact) mass is 283 g/mol. The highest BCUT2D eigenvalue weighted by atomic mass is 15.1. The van der Waals surface area contributed by atoms with Gasteiger partial charge in [-0.25, -0.2) is 4.98 Å². The first-order valence-electron chi connectivity index (χ1n) is 7.34. The molecule has 1 radical (unpaired) electrons. The van der Waals surface area contributed by atoms with Crippen LogP contribution in [0.25, 0.3) is 27.8 Å². The molecule has 0 fully saturated rings. The fraction of sp³-hybridized carbons (Fsp3) is 0.0500. The third-order valence-corrected chi connectivity index (χ3v) is 3.89. The molecular weight excluding hydrogens is 268 g/mol. The van der Waals surface area contributed by atoms with E-state index in [9.17, 15) is 0 Å². The van der Waals surface area contributed by atoms with Gasteiger partial charge in [-0.15, -0.1) is 0 Å². The largest absolute Gasteiger partial charge is 0.297 e. The summed E-state index contributed by atoms with van der Waals surface area (Å²) in [5, 5.41) is 0. The van der Waals surface area contributed by atoms with E-state index in [4.69, 9.17) is 4.98 Å². The summed E-state index contributed by atoms with van der Waals surface area (Å²) in [5.41, 5.74) is 5.66. The van der Waals surface area contributed by atoms with E-state index in [1.54, 1.807) is 0 Å². The van der Waals surface area contributed by atoms with Crippen molar-refractivity contribution in [1.82, 2.24) is 9.55 Å². The molecule has 1 heterocycles. The Labute approximate surface area is 129 Å².